The van der Waals surface area contributed by atoms with Crippen LogP contribution >= 0.6 is 0 Å². The van der Waals surface area contributed by atoms with E-state index in [1.165, 1.54) is 12.1 Å². The summed E-state index contributed by atoms with van der Waals surface area (Å²) in [6.45, 7) is 2.02. The van der Waals surface area contributed by atoms with Crippen LogP contribution in [0.4, 0.5) is 13.2 Å². The largest absolute Gasteiger partial charge is 0.387 e. The number of halogens is 3. The summed E-state index contributed by atoms with van der Waals surface area (Å²) in [4.78, 5) is 0. The second kappa shape index (κ2) is 6.74. The monoisotopic (exact) mass is 295 g/mol. The third kappa shape index (κ3) is 3.83. The second-order valence-electron chi connectivity index (χ2n) is 4.87. The minimum Gasteiger partial charge on any atom is -0.387 e. The maximum atomic E-state index is 13.5. The van der Waals surface area contributed by atoms with E-state index >= 15 is 0 Å². The van der Waals surface area contributed by atoms with E-state index in [9.17, 15) is 18.3 Å². The van der Waals surface area contributed by atoms with Gasteiger partial charge in [-0.25, -0.2) is 13.2 Å². The maximum Gasteiger partial charge on any atom is 0.131 e. The van der Waals surface area contributed by atoms with Crippen LogP contribution in [-0.4, -0.2) is 11.7 Å². The molecule has 1 atom stereocenters. The highest BCUT2D eigenvalue weighted by atomic mass is 19.1. The van der Waals surface area contributed by atoms with Crippen molar-refractivity contribution in [1.29, 1.82) is 0 Å². The quantitative estimate of drug-likeness (QED) is 0.887. The van der Waals surface area contributed by atoms with Crippen LogP contribution in [0.1, 0.15) is 22.8 Å². The van der Waals surface area contributed by atoms with Gasteiger partial charge in [-0.05, 0) is 36.2 Å². The van der Waals surface area contributed by atoms with Gasteiger partial charge in [0.05, 0.1) is 11.7 Å². The normalized spacial score (nSPS) is 12.4. The standard InChI is InChI=1S/C16H16F3NO/c1-10-7-11(5-6-12(10)17)8-20-9-15(21)16-13(18)3-2-4-14(16)19/h2-7,15,20-21H,8-9H2,1H3. The van der Waals surface area contributed by atoms with Crippen LogP contribution in [0.15, 0.2) is 36.4 Å². The van der Waals surface area contributed by atoms with E-state index in [2.05, 4.69) is 5.32 Å². The van der Waals surface area contributed by atoms with Gasteiger partial charge >= 0.3 is 0 Å². The number of benzene rings is 2. The Bertz CT molecular complexity index is 611. The summed E-state index contributed by atoms with van der Waals surface area (Å²) in [5, 5.41) is 12.8. The molecule has 2 nitrogen and oxygen atoms in total. The van der Waals surface area contributed by atoms with E-state index in [0.717, 1.165) is 17.7 Å². The molecule has 0 spiro atoms. The van der Waals surface area contributed by atoms with Crippen molar-refractivity contribution in [2.75, 3.05) is 6.54 Å². The summed E-state index contributed by atoms with van der Waals surface area (Å²) < 4.78 is 40.1. The topological polar surface area (TPSA) is 32.3 Å². The summed E-state index contributed by atoms with van der Waals surface area (Å²) in [5.74, 6) is -1.84. The molecule has 1 unspecified atom stereocenters. The van der Waals surface area contributed by atoms with Crippen molar-refractivity contribution in [3.8, 4) is 0 Å². The van der Waals surface area contributed by atoms with Gasteiger partial charge in [-0.1, -0.05) is 18.2 Å². The second-order valence-corrected chi connectivity index (χ2v) is 4.87. The molecule has 0 bridgehead atoms. The fourth-order valence-electron chi connectivity index (χ4n) is 2.10. The van der Waals surface area contributed by atoms with Gasteiger partial charge in [0, 0.05) is 13.1 Å². The van der Waals surface area contributed by atoms with E-state index in [-0.39, 0.29) is 17.9 Å². The molecule has 2 aromatic rings. The fourth-order valence-corrected chi connectivity index (χ4v) is 2.10. The van der Waals surface area contributed by atoms with Crippen LogP contribution in [0, 0.1) is 24.4 Å². The first-order valence-corrected chi connectivity index (χ1v) is 6.56. The summed E-state index contributed by atoms with van der Waals surface area (Å²) in [6, 6.07) is 8.11. The third-order valence-electron chi connectivity index (χ3n) is 3.22. The lowest BCUT2D eigenvalue weighted by Gasteiger charge is -2.14. The number of hydrogen-bond donors (Lipinski definition) is 2. The molecule has 0 saturated heterocycles. The lowest BCUT2D eigenvalue weighted by Crippen LogP contribution is -2.22. The Hall–Kier alpha value is -1.85. The van der Waals surface area contributed by atoms with Crippen molar-refractivity contribution in [1.82, 2.24) is 5.32 Å². The number of aliphatic hydroxyl groups is 1. The van der Waals surface area contributed by atoms with Gasteiger partial charge in [0.15, 0.2) is 0 Å². The smallest absolute Gasteiger partial charge is 0.131 e. The van der Waals surface area contributed by atoms with Gasteiger partial charge in [-0.3, -0.25) is 0 Å². The molecule has 2 rings (SSSR count). The van der Waals surface area contributed by atoms with Crippen LogP contribution < -0.4 is 5.32 Å². The zero-order valence-corrected chi connectivity index (χ0v) is 11.5. The van der Waals surface area contributed by atoms with Crippen molar-refractivity contribution in [3.63, 3.8) is 0 Å². The molecule has 2 N–H and O–H groups in total. The Balaban J connectivity index is 1.95. The van der Waals surface area contributed by atoms with Gasteiger partial charge in [0.25, 0.3) is 0 Å². The highest BCUT2D eigenvalue weighted by molar-refractivity contribution is 5.24. The molecule has 0 aromatic heterocycles. The van der Waals surface area contributed by atoms with Gasteiger partial charge < -0.3 is 10.4 Å². The Labute approximate surface area is 121 Å². The SMILES string of the molecule is Cc1cc(CNCC(O)c2c(F)cccc2F)ccc1F. The lowest BCUT2D eigenvalue weighted by molar-refractivity contribution is 0.164. The first-order valence-electron chi connectivity index (χ1n) is 6.56. The molecule has 0 radical (unpaired) electrons. The highest BCUT2D eigenvalue weighted by Crippen LogP contribution is 2.20. The minimum absolute atomic E-state index is 0.00568. The zero-order valence-electron chi connectivity index (χ0n) is 11.5. The first kappa shape index (κ1) is 15.5. The molecule has 0 fully saturated rings. The first-order chi connectivity index (χ1) is 9.99. The molecule has 0 aliphatic heterocycles. The Morgan fingerprint density at radius 3 is 2.33 bits per heavy atom. The van der Waals surface area contributed by atoms with Crippen molar-refractivity contribution < 1.29 is 18.3 Å². The number of nitrogens with one attached hydrogen (secondary N) is 1. The zero-order chi connectivity index (χ0) is 15.4. The van der Waals surface area contributed by atoms with Crippen molar-refractivity contribution in [2.45, 2.75) is 19.6 Å². The summed E-state index contributed by atoms with van der Waals surface area (Å²) in [5.41, 5.74) is 1.00. The predicted octanol–water partition coefficient (Wildman–Crippen LogP) is 3.24. The molecule has 2 aromatic carbocycles. The number of hydrogen-bond acceptors (Lipinski definition) is 2. The lowest BCUT2D eigenvalue weighted by atomic mass is 10.1. The van der Waals surface area contributed by atoms with E-state index in [0.29, 0.717) is 12.1 Å². The van der Waals surface area contributed by atoms with Crippen LogP contribution in [-0.2, 0) is 6.54 Å². The van der Waals surface area contributed by atoms with E-state index in [1.54, 1.807) is 19.1 Å². The molecular formula is C16H16F3NO. The number of aryl methyl sites for hydroxylation is 1. The van der Waals surface area contributed by atoms with Crippen LogP contribution in [0.25, 0.3) is 0 Å². The maximum absolute atomic E-state index is 13.5. The average molecular weight is 295 g/mol. The molecule has 0 aliphatic rings. The Morgan fingerprint density at radius 1 is 1.05 bits per heavy atom. The van der Waals surface area contributed by atoms with Crippen LogP contribution in [0.5, 0.6) is 0 Å². The molecule has 0 aliphatic carbocycles. The van der Waals surface area contributed by atoms with Crippen molar-refractivity contribution in [2.24, 2.45) is 0 Å². The van der Waals surface area contributed by atoms with Gasteiger partial charge in [0.1, 0.15) is 17.5 Å². The average Bonchev–Trinajstić information content (AvgIpc) is 2.42. The Kier molecular flexibility index (Phi) is 4.98. The van der Waals surface area contributed by atoms with Gasteiger partial charge in [-0.2, -0.15) is 0 Å². The molecule has 5 heteroatoms. The van der Waals surface area contributed by atoms with E-state index in [1.807, 2.05) is 0 Å². The molecule has 0 saturated carbocycles. The van der Waals surface area contributed by atoms with E-state index in [4.69, 9.17) is 0 Å². The molecule has 0 amide bonds. The summed E-state index contributed by atoms with van der Waals surface area (Å²) in [6.07, 6.45) is -1.28. The molecular weight excluding hydrogens is 279 g/mol. The fraction of sp³-hybridized carbons (Fsp3) is 0.250. The number of rotatable bonds is 5. The van der Waals surface area contributed by atoms with Crippen molar-refractivity contribution in [3.05, 3.63) is 70.5 Å². The Morgan fingerprint density at radius 2 is 1.71 bits per heavy atom. The van der Waals surface area contributed by atoms with Gasteiger partial charge in [0.2, 0.25) is 0 Å². The highest BCUT2D eigenvalue weighted by Gasteiger charge is 2.17. The van der Waals surface area contributed by atoms with Crippen molar-refractivity contribution >= 4 is 0 Å². The molecule has 21 heavy (non-hydrogen) atoms. The predicted molar refractivity (Wildman–Crippen MR) is 74.2 cm³/mol. The molecule has 112 valence electrons. The minimum atomic E-state index is -1.28. The third-order valence-corrected chi connectivity index (χ3v) is 3.22. The van der Waals surface area contributed by atoms with Crippen LogP contribution in [0.3, 0.4) is 0 Å². The summed E-state index contributed by atoms with van der Waals surface area (Å²) in [7, 11) is 0. The van der Waals surface area contributed by atoms with E-state index < -0.39 is 17.7 Å². The molecule has 0 heterocycles. The summed E-state index contributed by atoms with van der Waals surface area (Å²) >= 11 is 0. The number of aliphatic hydroxyl groups excluding tert-OH is 1. The van der Waals surface area contributed by atoms with Gasteiger partial charge in [-0.15, -0.1) is 0 Å². The van der Waals surface area contributed by atoms with Crippen LogP contribution in [0.2, 0.25) is 0 Å².